The van der Waals surface area contributed by atoms with Gasteiger partial charge in [-0.25, -0.2) is 4.39 Å². The molecule has 1 aliphatic heterocycles. The fraction of sp³-hybridized carbons (Fsp3) is 0.273. The molecule has 7 heteroatoms. The Hall–Kier alpha value is -2.93. The molecule has 4 rings (SSSR count). The van der Waals surface area contributed by atoms with Gasteiger partial charge in [-0.05, 0) is 73.9 Å². The topological polar surface area (TPSA) is 53.6 Å². The molecule has 2 aliphatic rings. The molecule has 0 bridgehead atoms. The quantitative estimate of drug-likeness (QED) is 0.725. The van der Waals surface area contributed by atoms with Crippen molar-refractivity contribution >= 4 is 28.9 Å². The van der Waals surface area contributed by atoms with E-state index in [-0.39, 0.29) is 11.7 Å². The lowest BCUT2D eigenvalue weighted by Crippen LogP contribution is -2.49. The number of methoxy groups -OCH3 is 1. The number of benzene rings is 2. The second kappa shape index (κ2) is 7.83. The molecule has 1 unspecified atom stereocenters. The van der Waals surface area contributed by atoms with Crippen molar-refractivity contribution in [2.75, 3.05) is 12.4 Å². The maximum absolute atomic E-state index is 13.4. The highest BCUT2D eigenvalue weighted by molar-refractivity contribution is 7.80. The van der Waals surface area contributed by atoms with Crippen LogP contribution in [0.4, 0.5) is 10.1 Å². The van der Waals surface area contributed by atoms with Crippen LogP contribution in [0.15, 0.2) is 59.8 Å². The van der Waals surface area contributed by atoms with Gasteiger partial charge in [-0.3, -0.25) is 4.79 Å². The van der Waals surface area contributed by atoms with Gasteiger partial charge in [0.25, 0.3) is 5.91 Å². The molecule has 1 heterocycles. The highest BCUT2D eigenvalue weighted by Gasteiger charge is 2.40. The number of thiocarbonyl (C=S) groups is 1. The minimum Gasteiger partial charge on any atom is -0.497 e. The van der Waals surface area contributed by atoms with Crippen LogP contribution in [0.25, 0.3) is 0 Å². The molecule has 1 fully saturated rings. The first-order valence-electron chi connectivity index (χ1n) is 9.49. The maximum atomic E-state index is 13.4. The number of rotatable bonds is 5. The molecule has 29 heavy (non-hydrogen) atoms. The monoisotopic (exact) mass is 411 g/mol. The summed E-state index contributed by atoms with van der Waals surface area (Å²) < 4.78 is 18.6. The van der Waals surface area contributed by atoms with Gasteiger partial charge < -0.3 is 20.3 Å². The molecule has 1 atom stereocenters. The van der Waals surface area contributed by atoms with Crippen LogP contribution in [0.3, 0.4) is 0 Å². The van der Waals surface area contributed by atoms with E-state index in [1.165, 1.54) is 12.1 Å². The van der Waals surface area contributed by atoms with Gasteiger partial charge in [-0.2, -0.15) is 0 Å². The summed E-state index contributed by atoms with van der Waals surface area (Å²) in [5.41, 5.74) is 2.85. The van der Waals surface area contributed by atoms with Crippen LogP contribution in [0.2, 0.25) is 0 Å². The van der Waals surface area contributed by atoms with E-state index in [0.29, 0.717) is 28.2 Å². The average Bonchev–Trinajstić information content (AvgIpc) is 3.53. The number of hydrogen-bond acceptors (Lipinski definition) is 3. The van der Waals surface area contributed by atoms with Gasteiger partial charge in [-0.1, -0.05) is 12.1 Å². The summed E-state index contributed by atoms with van der Waals surface area (Å²) in [6.07, 6.45) is 2.10. The van der Waals surface area contributed by atoms with Crippen molar-refractivity contribution in [3.05, 3.63) is 71.2 Å². The summed E-state index contributed by atoms with van der Waals surface area (Å²) in [5, 5.41) is 6.85. The summed E-state index contributed by atoms with van der Waals surface area (Å²) in [7, 11) is 1.60. The first kappa shape index (κ1) is 19.4. The number of carbonyl (C=O) groups excluding carboxylic acids is 1. The van der Waals surface area contributed by atoms with Crippen molar-refractivity contribution < 1.29 is 13.9 Å². The first-order valence-corrected chi connectivity index (χ1v) is 9.90. The number of anilines is 1. The Labute approximate surface area is 174 Å². The summed E-state index contributed by atoms with van der Waals surface area (Å²) in [6.45, 7) is 1.92. The number of carbonyl (C=O) groups is 1. The molecular weight excluding hydrogens is 389 g/mol. The van der Waals surface area contributed by atoms with Crippen LogP contribution in [-0.2, 0) is 4.79 Å². The number of hydrogen-bond donors (Lipinski definition) is 2. The molecule has 5 nitrogen and oxygen atoms in total. The average molecular weight is 412 g/mol. The van der Waals surface area contributed by atoms with E-state index in [2.05, 4.69) is 10.6 Å². The Morgan fingerprint density at radius 1 is 1.17 bits per heavy atom. The Morgan fingerprint density at radius 3 is 2.41 bits per heavy atom. The normalized spacial score (nSPS) is 19.1. The fourth-order valence-electron chi connectivity index (χ4n) is 3.60. The molecule has 2 aromatic carbocycles. The molecule has 1 amide bonds. The molecule has 1 saturated carbocycles. The first-order chi connectivity index (χ1) is 14.0. The highest BCUT2D eigenvalue weighted by Crippen LogP contribution is 2.38. The number of nitrogens with one attached hydrogen (secondary N) is 2. The Balaban J connectivity index is 1.69. The number of nitrogens with zero attached hydrogens (tertiary/aromatic N) is 1. The highest BCUT2D eigenvalue weighted by atomic mass is 32.1. The van der Waals surface area contributed by atoms with E-state index in [1.807, 2.05) is 11.8 Å². The van der Waals surface area contributed by atoms with E-state index in [0.717, 1.165) is 24.1 Å². The van der Waals surface area contributed by atoms with E-state index < -0.39 is 6.04 Å². The van der Waals surface area contributed by atoms with Crippen molar-refractivity contribution in [1.29, 1.82) is 0 Å². The van der Waals surface area contributed by atoms with Crippen LogP contribution in [-0.4, -0.2) is 29.1 Å². The van der Waals surface area contributed by atoms with Gasteiger partial charge in [0.05, 0.1) is 18.7 Å². The lowest BCUT2D eigenvalue weighted by molar-refractivity contribution is -0.113. The van der Waals surface area contributed by atoms with E-state index in [4.69, 9.17) is 17.0 Å². The van der Waals surface area contributed by atoms with Gasteiger partial charge in [0.1, 0.15) is 11.6 Å². The summed E-state index contributed by atoms with van der Waals surface area (Å²) in [4.78, 5) is 15.3. The van der Waals surface area contributed by atoms with Crippen molar-refractivity contribution in [3.8, 4) is 5.75 Å². The predicted octanol–water partition coefficient (Wildman–Crippen LogP) is 4.14. The van der Waals surface area contributed by atoms with Gasteiger partial charge in [0, 0.05) is 17.4 Å². The van der Waals surface area contributed by atoms with Crippen molar-refractivity contribution in [2.45, 2.75) is 31.8 Å². The standard InChI is InChI=1S/C22H22FN3O2S/c1-13-19(21(27)24-16-7-11-18(28-2)12-8-16)20(14-3-5-15(23)6-4-14)25-22(29)26(13)17-9-10-17/h3-8,11-12,17,20H,9-10H2,1-2H3,(H,24,27)(H,25,29). The van der Waals surface area contributed by atoms with E-state index in [1.54, 1.807) is 43.5 Å². The van der Waals surface area contributed by atoms with Crippen LogP contribution in [0.5, 0.6) is 5.75 Å². The van der Waals surface area contributed by atoms with Crippen LogP contribution >= 0.6 is 12.2 Å². The van der Waals surface area contributed by atoms with Crippen LogP contribution in [0, 0.1) is 5.82 Å². The van der Waals surface area contributed by atoms with Crippen molar-refractivity contribution in [2.24, 2.45) is 0 Å². The Bertz CT molecular complexity index is 969. The zero-order chi connectivity index (χ0) is 20.5. The van der Waals surface area contributed by atoms with Crippen molar-refractivity contribution in [1.82, 2.24) is 10.2 Å². The van der Waals surface area contributed by atoms with Crippen LogP contribution < -0.4 is 15.4 Å². The fourth-order valence-corrected chi connectivity index (χ4v) is 4.01. The smallest absolute Gasteiger partial charge is 0.255 e. The molecule has 0 spiro atoms. The number of amides is 1. The molecule has 0 saturated heterocycles. The van der Waals surface area contributed by atoms with E-state index in [9.17, 15) is 9.18 Å². The molecule has 1 aliphatic carbocycles. The molecule has 0 aromatic heterocycles. The lowest BCUT2D eigenvalue weighted by Gasteiger charge is -2.38. The SMILES string of the molecule is COc1ccc(NC(=O)C2=C(C)N(C3CC3)C(=S)NC2c2ccc(F)cc2)cc1. The minimum absolute atomic E-state index is 0.220. The molecule has 2 N–H and O–H groups in total. The largest absolute Gasteiger partial charge is 0.497 e. The van der Waals surface area contributed by atoms with Crippen LogP contribution in [0.1, 0.15) is 31.4 Å². The summed E-state index contributed by atoms with van der Waals surface area (Å²) >= 11 is 5.58. The zero-order valence-corrected chi connectivity index (χ0v) is 17.1. The van der Waals surface area contributed by atoms with E-state index >= 15 is 0 Å². The van der Waals surface area contributed by atoms with Crippen molar-refractivity contribution in [3.63, 3.8) is 0 Å². The minimum atomic E-state index is -0.448. The Kier molecular flexibility index (Phi) is 5.24. The summed E-state index contributed by atoms with van der Waals surface area (Å²) in [5.74, 6) is 0.173. The number of halogens is 1. The third-order valence-electron chi connectivity index (χ3n) is 5.23. The Morgan fingerprint density at radius 2 is 1.83 bits per heavy atom. The maximum Gasteiger partial charge on any atom is 0.255 e. The third kappa shape index (κ3) is 3.96. The summed E-state index contributed by atoms with van der Waals surface area (Å²) in [6, 6.07) is 13.2. The second-order valence-corrected chi connectivity index (χ2v) is 7.60. The molecule has 0 radical (unpaired) electrons. The predicted molar refractivity (Wildman–Crippen MR) is 114 cm³/mol. The third-order valence-corrected chi connectivity index (χ3v) is 5.55. The van der Waals surface area contributed by atoms with Gasteiger partial charge in [0.15, 0.2) is 5.11 Å². The molecule has 2 aromatic rings. The zero-order valence-electron chi connectivity index (χ0n) is 16.2. The molecular formula is C22H22FN3O2S. The second-order valence-electron chi connectivity index (χ2n) is 7.22. The number of ether oxygens (including phenoxy) is 1. The lowest BCUT2D eigenvalue weighted by atomic mass is 9.94. The number of allylic oxidation sites excluding steroid dienone is 1. The van der Waals surface area contributed by atoms with Gasteiger partial charge in [-0.15, -0.1) is 0 Å². The van der Waals surface area contributed by atoms with Gasteiger partial charge >= 0.3 is 0 Å². The van der Waals surface area contributed by atoms with Gasteiger partial charge in [0.2, 0.25) is 0 Å². The molecule has 150 valence electrons.